The first kappa shape index (κ1) is 19.9. The molecule has 0 atom stereocenters. The summed E-state index contributed by atoms with van der Waals surface area (Å²) in [5.74, 6) is 0.459. The highest BCUT2D eigenvalue weighted by Gasteiger charge is 2.37. The highest BCUT2D eigenvalue weighted by molar-refractivity contribution is 7.95. The smallest absolute Gasteiger partial charge is 0.255 e. The van der Waals surface area contributed by atoms with E-state index in [4.69, 9.17) is 4.74 Å². The number of amides is 1. The maximum Gasteiger partial charge on any atom is 0.255 e. The highest BCUT2D eigenvalue weighted by atomic mass is 32.2. The summed E-state index contributed by atoms with van der Waals surface area (Å²) >= 11 is 0. The average Bonchev–Trinajstić information content (AvgIpc) is 2.75. The quantitative estimate of drug-likeness (QED) is 0.827. The van der Waals surface area contributed by atoms with Crippen molar-refractivity contribution in [3.05, 3.63) is 59.5 Å². The molecule has 0 spiro atoms. The molecule has 0 aromatic heterocycles. The summed E-state index contributed by atoms with van der Waals surface area (Å²) in [6.07, 6.45) is 1.53. The fourth-order valence-electron chi connectivity index (χ4n) is 2.96. The van der Waals surface area contributed by atoms with Gasteiger partial charge in [0.2, 0.25) is 5.91 Å². The first-order chi connectivity index (χ1) is 13.2. The van der Waals surface area contributed by atoms with Crippen LogP contribution in [0.5, 0.6) is 5.75 Å². The second-order valence-corrected chi connectivity index (χ2v) is 8.83. The van der Waals surface area contributed by atoms with Crippen molar-refractivity contribution in [2.75, 3.05) is 22.8 Å². The number of hydrogen-bond acceptors (Lipinski definition) is 4. The molecule has 2 aromatic rings. The van der Waals surface area contributed by atoms with Crippen molar-refractivity contribution >= 4 is 33.4 Å². The van der Waals surface area contributed by atoms with E-state index in [1.54, 1.807) is 23.1 Å². The Morgan fingerprint density at radius 3 is 2.57 bits per heavy atom. The van der Waals surface area contributed by atoms with E-state index in [0.717, 1.165) is 11.0 Å². The van der Waals surface area contributed by atoms with E-state index in [0.29, 0.717) is 23.7 Å². The molecule has 0 bridgehead atoms. The van der Waals surface area contributed by atoms with Gasteiger partial charge in [-0.05, 0) is 44.5 Å². The number of anilines is 2. The van der Waals surface area contributed by atoms with Crippen LogP contribution in [0.1, 0.15) is 26.3 Å². The highest BCUT2D eigenvalue weighted by Crippen LogP contribution is 2.38. The maximum atomic E-state index is 12.7. The van der Waals surface area contributed by atoms with Gasteiger partial charge in [0.25, 0.3) is 10.0 Å². The molecule has 0 saturated carbocycles. The molecule has 1 aliphatic rings. The van der Waals surface area contributed by atoms with Gasteiger partial charge in [0.05, 0.1) is 22.2 Å². The van der Waals surface area contributed by atoms with Crippen molar-refractivity contribution in [2.45, 2.75) is 20.8 Å². The maximum absolute atomic E-state index is 12.7. The van der Waals surface area contributed by atoms with E-state index in [-0.39, 0.29) is 12.5 Å². The first-order valence-corrected chi connectivity index (χ1v) is 10.6. The predicted octanol–water partition coefficient (Wildman–Crippen LogP) is 3.87. The Hall–Kier alpha value is -2.80. The number of nitrogens with zero attached hydrogens (tertiary/aromatic N) is 1. The summed E-state index contributed by atoms with van der Waals surface area (Å²) in [4.78, 5) is 14.4. The molecule has 148 valence electrons. The number of ether oxygens (including phenoxy) is 1. The number of sulfonamides is 1. The zero-order chi connectivity index (χ0) is 20.4. The zero-order valence-corrected chi connectivity index (χ0v) is 17.0. The number of benzene rings is 2. The van der Waals surface area contributed by atoms with E-state index in [1.165, 1.54) is 6.08 Å². The van der Waals surface area contributed by atoms with Crippen molar-refractivity contribution in [1.29, 1.82) is 0 Å². The summed E-state index contributed by atoms with van der Waals surface area (Å²) in [6.45, 7) is 6.29. The van der Waals surface area contributed by atoms with Crippen LogP contribution in [0.2, 0.25) is 0 Å². The third-order valence-electron chi connectivity index (χ3n) is 4.48. The Bertz CT molecular complexity index is 998. The third kappa shape index (κ3) is 4.36. The average molecular weight is 401 g/mol. The van der Waals surface area contributed by atoms with E-state index < -0.39 is 15.4 Å². The SMILES string of the molecule is CCN1C(=O)C(C)(C)COc2cc(NS(=O)(=O)/C=C/c3ccccc3)ccc21. The van der Waals surface area contributed by atoms with Crippen molar-refractivity contribution < 1.29 is 17.9 Å². The van der Waals surface area contributed by atoms with Crippen molar-refractivity contribution in [2.24, 2.45) is 5.41 Å². The standard InChI is InChI=1S/C21H24N2O4S/c1-4-23-18-11-10-17(14-19(18)27-15-21(2,3)20(23)24)22-28(25,26)13-12-16-8-6-5-7-9-16/h5-14,22H,4,15H2,1-3H3/b13-12+. The monoisotopic (exact) mass is 400 g/mol. The topological polar surface area (TPSA) is 75.7 Å². The number of fused-ring (bicyclic) bond motifs is 1. The largest absolute Gasteiger partial charge is 0.490 e. The van der Waals surface area contributed by atoms with Gasteiger partial charge in [-0.15, -0.1) is 0 Å². The van der Waals surface area contributed by atoms with Gasteiger partial charge in [-0.1, -0.05) is 30.3 Å². The minimum atomic E-state index is -3.69. The van der Waals surface area contributed by atoms with Gasteiger partial charge in [0.15, 0.2) is 0 Å². The summed E-state index contributed by atoms with van der Waals surface area (Å²) in [5, 5.41) is 1.12. The Morgan fingerprint density at radius 2 is 1.89 bits per heavy atom. The molecule has 0 fully saturated rings. The van der Waals surface area contributed by atoms with Crippen LogP contribution in [0.15, 0.2) is 53.9 Å². The van der Waals surface area contributed by atoms with Gasteiger partial charge in [0, 0.05) is 12.6 Å². The van der Waals surface area contributed by atoms with Crippen LogP contribution in [0.25, 0.3) is 6.08 Å². The number of hydrogen-bond donors (Lipinski definition) is 1. The zero-order valence-electron chi connectivity index (χ0n) is 16.2. The van der Waals surface area contributed by atoms with Crippen LogP contribution in [0.3, 0.4) is 0 Å². The number of carbonyl (C=O) groups excluding carboxylic acids is 1. The van der Waals surface area contributed by atoms with Gasteiger partial charge in [0.1, 0.15) is 12.4 Å². The molecule has 0 saturated heterocycles. The second-order valence-electron chi connectivity index (χ2n) is 7.26. The number of carbonyl (C=O) groups is 1. The fourth-order valence-corrected chi connectivity index (χ4v) is 3.82. The van der Waals surface area contributed by atoms with Crippen molar-refractivity contribution in [3.8, 4) is 5.75 Å². The van der Waals surface area contributed by atoms with Gasteiger partial charge in [-0.3, -0.25) is 9.52 Å². The van der Waals surface area contributed by atoms with E-state index in [1.807, 2.05) is 51.1 Å². The third-order valence-corrected chi connectivity index (χ3v) is 5.49. The van der Waals surface area contributed by atoms with Gasteiger partial charge >= 0.3 is 0 Å². The van der Waals surface area contributed by atoms with E-state index >= 15 is 0 Å². The number of nitrogens with one attached hydrogen (secondary N) is 1. The van der Waals surface area contributed by atoms with Crippen LogP contribution in [-0.4, -0.2) is 27.5 Å². The van der Waals surface area contributed by atoms with E-state index in [9.17, 15) is 13.2 Å². The Kier molecular flexibility index (Phi) is 5.47. The molecule has 6 nitrogen and oxygen atoms in total. The fraction of sp³-hybridized carbons (Fsp3) is 0.286. The van der Waals surface area contributed by atoms with Crippen molar-refractivity contribution in [3.63, 3.8) is 0 Å². The van der Waals surface area contributed by atoms with E-state index in [2.05, 4.69) is 4.72 Å². The summed E-state index contributed by atoms with van der Waals surface area (Å²) in [6, 6.07) is 14.1. The minimum Gasteiger partial charge on any atom is -0.490 e. The minimum absolute atomic E-state index is 0.0205. The molecule has 0 unspecified atom stereocenters. The lowest BCUT2D eigenvalue weighted by molar-refractivity contribution is -0.127. The Labute approximate surface area is 165 Å². The summed E-state index contributed by atoms with van der Waals surface area (Å²) in [5.41, 5.74) is 1.14. The molecule has 1 N–H and O–H groups in total. The Balaban J connectivity index is 1.85. The lowest BCUT2D eigenvalue weighted by Gasteiger charge is -2.26. The molecular formula is C21H24N2O4S. The van der Waals surface area contributed by atoms with Crippen LogP contribution in [0.4, 0.5) is 11.4 Å². The molecule has 0 aliphatic carbocycles. The Morgan fingerprint density at radius 1 is 1.18 bits per heavy atom. The molecule has 0 radical (unpaired) electrons. The molecule has 2 aromatic carbocycles. The van der Waals surface area contributed by atoms with Crippen molar-refractivity contribution in [1.82, 2.24) is 0 Å². The first-order valence-electron chi connectivity index (χ1n) is 9.06. The van der Waals surface area contributed by atoms with Gasteiger partial charge < -0.3 is 9.64 Å². The van der Waals surface area contributed by atoms with Crippen LogP contribution in [-0.2, 0) is 14.8 Å². The molecule has 1 amide bonds. The molecule has 3 rings (SSSR count). The molecule has 28 heavy (non-hydrogen) atoms. The predicted molar refractivity (Wildman–Crippen MR) is 112 cm³/mol. The summed E-state index contributed by atoms with van der Waals surface area (Å²) < 4.78 is 33.1. The normalized spacial score (nSPS) is 16.4. The van der Waals surface area contributed by atoms with Crippen LogP contribution >= 0.6 is 0 Å². The number of rotatable bonds is 5. The molecule has 1 aliphatic heterocycles. The second kappa shape index (κ2) is 7.67. The van der Waals surface area contributed by atoms with Crippen LogP contribution in [0, 0.1) is 5.41 Å². The van der Waals surface area contributed by atoms with Gasteiger partial charge in [-0.25, -0.2) is 8.42 Å². The lowest BCUT2D eigenvalue weighted by Crippen LogP contribution is -2.42. The van der Waals surface area contributed by atoms with Gasteiger partial charge in [-0.2, -0.15) is 0 Å². The summed E-state index contributed by atoms with van der Waals surface area (Å²) in [7, 11) is -3.69. The lowest BCUT2D eigenvalue weighted by atomic mass is 9.93. The molecule has 7 heteroatoms. The van der Waals surface area contributed by atoms with Crippen LogP contribution < -0.4 is 14.4 Å². The molecular weight excluding hydrogens is 376 g/mol. The molecule has 1 heterocycles.